The molecule has 1 heterocycles. The monoisotopic (exact) mass is 318 g/mol. The molecule has 8 heteroatoms. The van der Waals surface area contributed by atoms with Crippen LogP contribution in [0.4, 0.5) is 10.2 Å². The van der Waals surface area contributed by atoms with E-state index in [1.165, 1.54) is 30.3 Å². The molecule has 1 aromatic heterocycles. The molecule has 0 saturated heterocycles. The fourth-order valence-electron chi connectivity index (χ4n) is 1.98. The van der Waals surface area contributed by atoms with Crippen molar-refractivity contribution >= 4 is 15.7 Å². The summed E-state index contributed by atoms with van der Waals surface area (Å²) < 4.78 is 39.7. The van der Waals surface area contributed by atoms with Crippen LogP contribution in [0.25, 0.3) is 5.69 Å². The minimum Gasteiger partial charge on any atom is -0.381 e. The first-order chi connectivity index (χ1) is 10.5. The van der Waals surface area contributed by atoms with Gasteiger partial charge in [-0.15, -0.1) is 5.10 Å². The van der Waals surface area contributed by atoms with Gasteiger partial charge in [-0.05, 0) is 24.3 Å². The number of para-hydroxylation sites is 1. The van der Waals surface area contributed by atoms with Crippen molar-refractivity contribution < 1.29 is 12.8 Å². The molecule has 6 nitrogen and oxygen atoms in total. The van der Waals surface area contributed by atoms with Crippen molar-refractivity contribution in [3.8, 4) is 5.69 Å². The number of hydrogen-bond acceptors (Lipinski definition) is 5. The van der Waals surface area contributed by atoms with Gasteiger partial charge in [-0.2, -0.15) is 4.68 Å². The number of halogens is 1. The van der Waals surface area contributed by atoms with Gasteiger partial charge in [0.25, 0.3) is 0 Å². The second kappa shape index (κ2) is 5.23. The Hall–Kier alpha value is -2.74. The highest BCUT2D eigenvalue weighted by Crippen LogP contribution is 2.25. The van der Waals surface area contributed by atoms with E-state index >= 15 is 0 Å². The Bertz CT molecular complexity index is 923. The number of nitrogens with zero attached hydrogens (tertiary/aromatic N) is 3. The van der Waals surface area contributed by atoms with Gasteiger partial charge < -0.3 is 5.73 Å². The van der Waals surface area contributed by atoms with E-state index in [0.29, 0.717) is 0 Å². The lowest BCUT2D eigenvalue weighted by Crippen LogP contribution is -2.08. The Morgan fingerprint density at radius 1 is 1.00 bits per heavy atom. The largest absolute Gasteiger partial charge is 0.381 e. The fourth-order valence-corrected chi connectivity index (χ4v) is 3.22. The van der Waals surface area contributed by atoms with Crippen molar-refractivity contribution in [3.05, 3.63) is 60.4 Å². The summed E-state index contributed by atoms with van der Waals surface area (Å²) in [4.78, 5) is 0.0438. The summed E-state index contributed by atoms with van der Waals surface area (Å²) in [6.45, 7) is 0. The zero-order chi connectivity index (χ0) is 15.7. The normalized spacial score (nSPS) is 11.5. The van der Waals surface area contributed by atoms with Crippen LogP contribution >= 0.6 is 0 Å². The van der Waals surface area contributed by atoms with Crippen LogP contribution in [0, 0.1) is 5.82 Å². The van der Waals surface area contributed by atoms with Gasteiger partial charge in [0.2, 0.25) is 14.9 Å². The number of anilines is 1. The zero-order valence-electron chi connectivity index (χ0n) is 11.2. The molecule has 112 valence electrons. The van der Waals surface area contributed by atoms with E-state index in [9.17, 15) is 12.8 Å². The highest BCUT2D eigenvalue weighted by atomic mass is 32.2. The SMILES string of the molecule is Nc1c(S(=O)(=O)c2ccccc2)nnn1-c1ccccc1F. The molecule has 0 aliphatic heterocycles. The number of sulfone groups is 1. The molecule has 0 unspecified atom stereocenters. The molecular formula is C14H11FN4O2S. The van der Waals surface area contributed by atoms with Crippen molar-refractivity contribution in [2.45, 2.75) is 9.92 Å². The third kappa shape index (κ3) is 2.23. The van der Waals surface area contributed by atoms with Gasteiger partial charge in [-0.25, -0.2) is 12.8 Å². The van der Waals surface area contributed by atoms with Crippen LogP contribution in [0.2, 0.25) is 0 Å². The molecule has 2 aromatic carbocycles. The first-order valence-electron chi connectivity index (χ1n) is 6.28. The lowest BCUT2D eigenvalue weighted by atomic mass is 10.3. The topological polar surface area (TPSA) is 90.9 Å². The molecule has 2 N–H and O–H groups in total. The van der Waals surface area contributed by atoms with Gasteiger partial charge in [-0.3, -0.25) is 0 Å². The van der Waals surface area contributed by atoms with Crippen LogP contribution in [-0.4, -0.2) is 23.4 Å². The summed E-state index contributed by atoms with van der Waals surface area (Å²) >= 11 is 0. The molecule has 22 heavy (non-hydrogen) atoms. The van der Waals surface area contributed by atoms with Gasteiger partial charge in [0.15, 0.2) is 5.82 Å². The molecule has 0 spiro atoms. The predicted octanol–water partition coefficient (Wildman–Crippen LogP) is 1.82. The van der Waals surface area contributed by atoms with E-state index in [4.69, 9.17) is 5.73 Å². The number of hydrogen-bond donors (Lipinski definition) is 1. The number of benzene rings is 2. The van der Waals surface area contributed by atoms with E-state index in [1.54, 1.807) is 24.3 Å². The summed E-state index contributed by atoms with van der Waals surface area (Å²) in [7, 11) is -3.91. The summed E-state index contributed by atoms with van der Waals surface area (Å²) in [6.07, 6.45) is 0. The summed E-state index contributed by atoms with van der Waals surface area (Å²) in [5.74, 6) is -0.822. The predicted molar refractivity (Wildman–Crippen MR) is 77.6 cm³/mol. The number of rotatable bonds is 3. The van der Waals surface area contributed by atoms with Crippen molar-refractivity contribution in [1.82, 2.24) is 15.0 Å². The molecule has 3 aromatic rings. The standard InChI is InChI=1S/C14H11FN4O2S/c15-11-8-4-5-9-12(11)19-13(16)14(17-18-19)22(20,21)10-6-2-1-3-7-10/h1-9H,16H2. The van der Waals surface area contributed by atoms with E-state index in [0.717, 1.165) is 4.68 Å². The van der Waals surface area contributed by atoms with Gasteiger partial charge in [0, 0.05) is 0 Å². The van der Waals surface area contributed by atoms with Gasteiger partial charge in [0.1, 0.15) is 11.5 Å². The number of aromatic nitrogens is 3. The molecule has 0 saturated carbocycles. The first kappa shape index (κ1) is 14.2. The second-order valence-electron chi connectivity index (χ2n) is 4.46. The Balaban J connectivity index is 2.15. The maximum atomic E-state index is 13.8. The highest BCUT2D eigenvalue weighted by Gasteiger charge is 2.27. The average molecular weight is 318 g/mol. The Kier molecular flexibility index (Phi) is 3.38. The lowest BCUT2D eigenvalue weighted by molar-refractivity contribution is 0.592. The van der Waals surface area contributed by atoms with Crippen LogP contribution in [0.15, 0.2) is 64.5 Å². The van der Waals surface area contributed by atoms with Gasteiger partial charge in [-0.1, -0.05) is 35.5 Å². The highest BCUT2D eigenvalue weighted by molar-refractivity contribution is 7.91. The molecule has 3 rings (SSSR count). The molecule has 0 bridgehead atoms. The van der Waals surface area contributed by atoms with Crippen LogP contribution in [0.1, 0.15) is 0 Å². The quantitative estimate of drug-likeness (QED) is 0.795. The van der Waals surface area contributed by atoms with Gasteiger partial charge in [0.05, 0.1) is 4.90 Å². The Labute approximate surface area is 125 Å². The summed E-state index contributed by atoms with van der Waals surface area (Å²) in [6, 6.07) is 13.5. The maximum absolute atomic E-state index is 13.8. The van der Waals surface area contributed by atoms with Crippen LogP contribution in [-0.2, 0) is 9.84 Å². The average Bonchev–Trinajstić information content (AvgIpc) is 2.91. The Morgan fingerprint density at radius 2 is 1.64 bits per heavy atom. The maximum Gasteiger partial charge on any atom is 0.229 e. The van der Waals surface area contributed by atoms with Crippen molar-refractivity contribution in [2.24, 2.45) is 0 Å². The molecular weight excluding hydrogens is 307 g/mol. The van der Waals surface area contributed by atoms with Crippen molar-refractivity contribution in [2.75, 3.05) is 5.73 Å². The summed E-state index contributed by atoms with van der Waals surface area (Å²) in [5.41, 5.74) is 5.85. The molecule has 0 aliphatic rings. The molecule has 0 aliphatic carbocycles. The first-order valence-corrected chi connectivity index (χ1v) is 7.76. The second-order valence-corrected chi connectivity index (χ2v) is 6.32. The van der Waals surface area contributed by atoms with Crippen LogP contribution in [0.3, 0.4) is 0 Å². The molecule has 0 fully saturated rings. The van der Waals surface area contributed by atoms with E-state index in [1.807, 2.05) is 0 Å². The van der Waals surface area contributed by atoms with Crippen molar-refractivity contribution in [1.29, 1.82) is 0 Å². The molecule has 0 atom stereocenters. The Morgan fingerprint density at radius 3 is 2.32 bits per heavy atom. The van der Waals surface area contributed by atoms with Crippen LogP contribution < -0.4 is 5.73 Å². The third-order valence-electron chi connectivity index (χ3n) is 3.06. The minimum absolute atomic E-state index is 0.0296. The smallest absolute Gasteiger partial charge is 0.229 e. The lowest BCUT2D eigenvalue weighted by Gasteiger charge is -2.05. The molecule has 0 amide bonds. The minimum atomic E-state index is -3.91. The number of nitrogen functional groups attached to an aromatic ring is 1. The third-order valence-corrected chi connectivity index (χ3v) is 4.75. The van der Waals surface area contributed by atoms with E-state index in [-0.39, 0.29) is 16.4 Å². The summed E-state index contributed by atoms with van der Waals surface area (Å²) in [5, 5.41) is 6.87. The van der Waals surface area contributed by atoms with E-state index < -0.39 is 20.7 Å². The number of nitrogens with two attached hydrogens (primary N) is 1. The van der Waals surface area contributed by atoms with E-state index in [2.05, 4.69) is 10.3 Å². The molecule has 0 radical (unpaired) electrons. The van der Waals surface area contributed by atoms with Gasteiger partial charge >= 0.3 is 0 Å². The van der Waals surface area contributed by atoms with Crippen molar-refractivity contribution in [3.63, 3.8) is 0 Å². The van der Waals surface area contributed by atoms with Crippen LogP contribution in [0.5, 0.6) is 0 Å². The zero-order valence-corrected chi connectivity index (χ0v) is 12.0. The fraction of sp³-hybridized carbons (Fsp3) is 0.